The van der Waals surface area contributed by atoms with Gasteiger partial charge < -0.3 is 21.1 Å². The van der Waals surface area contributed by atoms with Gasteiger partial charge in [0, 0.05) is 31.9 Å². The molecule has 0 aliphatic heterocycles. The molecule has 16 heavy (non-hydrogen) atoms. The van der Waals surface area contributed by atoms with Gasteiger partial charge in [0.2, 0.25) is 0 Å². The molecule has 1 aromatic rings. The van der Waals surface area contributed by atoms with Gasteiger partial charge in [-0.05, 0) is 13.1 Å². The molecule has 1 unspecified atom stereocenters. The first-order valence-corrected chi connectivity index (χ1v) is 5.04. The fraction of sp³-hybridized carbons (Fsp3) is 0.500. The van der Waals surface area contributed by atoms with Crippen LogP contribution in [0.25, 0.3) is 0 Å². The third kappa shape index (κ3) is 2.98. The first-order chi connectivity index (χ1) is 7.41. The van der Waals surface area contributed by atoms with Crippen LogP contribution in [0.2, 0.25) is 0 Å². The molecule has 1 atom stereocenters. The minimum absolute atomic E-state index is 0.116. The van der Waals surface area contributed by atoms with Crippen molar-refractivity contribution in [1.29, 1.82) is 5.41 Å². The zero-order chi connectivity index (χ0) is 12.3. The Labute approximate surface area is 95.0 Å². The van der Waals surface area contributed by atoms with Gasteiger partial charge >= 0.3 is 0 Å². The number of nitrogens with two attached hydrogens (primary N) is 2. The summed E-state index contributed by atoms with van der Waals surface area (Å²) in [4.78, 5) is 1.72. The maximum Gasteiger partial charge on any atom is 0.148 e. The average molecular weight is 225 g/mol. The first-order valence-electron chi connectivity index (χ1n) is 5.04. The molecular formula is C10H19N5O. The van der Waals surface area contributed by atoms with Crippen LogP contribution in [-0.4, -0.2) is 34.0 Å². The lowest BCUT2D eigenvalue weighted by Crippen LogP contribution is -2.29. The van der Waals surface area contributed by atoms with Gasteiger partial charge in [-0.3, -0.25) is 10.3 Å². The summed E-state index contributed by atoms with van der Waals surface area (Å²) in [5.74, 6) is 0.116. The largest absolute Gasteiger partial charge is 0.397 e. The quantitative estimate of drug-likeness (QED) is 0.318. The van der Waals surface area contributed by atoms with Crippen molar-refractivity contribution in [2.45, 2.75) is 12.6 Å². The molecule has 0 saturated heterocycles. The van der Waals surface area contributed by atoms with Crippen LogP contribution in [0.3, 0.4) is 0 Å². The second kappa shape index (κ2) is 5.00. The lowest BCUT2D eigenvalue weighted by molar-refractivity contribution is 0.0170. The molecule has 6 nitrogen and oxygen atoms in total. The van der Waals surface area contributed by atoms with E-state index < -0.39 is 6.23 Å². The van der Waals surface area contributed by atoms with Crippen LogP contribution < -0.4 is 11.5 Å². The summed E-state index contributed by atoms with van der Waals surface area (Å²) >= 11 is 0. The number of nitrogen functional groups attached to an aromatic ring is 1. The SMILES string of the molecule is CN(CCC(=N)N)C(O)c1cc(N)cn1C. The predicted octanol–water partition coefficient (Wildman–Crippen LogP) is -0.144. The van der Waals surface area contributed by atoms with Gasteiger partial charge in [-0.25, -0.2) is 0 Å². The lowest BCUT2D eigenvalue weighted by Gasteiger charge is -2.23. The van der Waals surface area contributed by atoms with E-state index in [-0.39, 0.29) is 5.84 Å². The molecule has 0 aliphatic carbocycles. The van der Waals surface area contributed by atoms with E-state index in [1.165, 1.54) is 0 Å². The highest BCUT2D eigenvalue weighted by Crippen LogP contribution is 2.19. The van der Waals surface area contributed by atoms with Gasteiger partial charge in [0.25, 0.3) is 0 Å². The molecular weight excluding hydrogens is 206 g/mol. The molecule has 1 rings (SSSR count). The minimum Gasteiger partial charge on any atom is -0.397 e. The fourth-order valence-electron chi connectivity index (χ4n) is 1.51. The van der Waals surface area contributed by atoms with Crippen molar-refractivity contribution in [2.24, 2.45) is 12.8 Å². The summed E-state index contributed by atoms with van der Waals surface area (Å²) in [6.07, 6.45) is 1.45. The molecule has 90 valence electrons. The van der Waals surface area contributed by atoms with E-state index in [2.05, 4.69) is 0 Å². The Morgan fingerprint density at radius 3 is 2.75 bits per heavy atom. The summed E-state index contributed by atoms with van der Waals surface area (Å²) in [6.45, 7) is 0.529. The predicted molar refractivity (Wildman–Crippen MR) is 63.9 cm³/mol. The van der Waals surface area contributed by atoms with Gasteiger partial charge in [-0.15, -0.1) is 0 Å². The van der Waals surface area contributed by atoms with Crippen molar-refractivity contribution in [2.75, 3.05) is 19.3 Å². The zero-order valence-corrected chi connectivity index (χ0v) is 9.64. The van der Waals surface area contributed by atoms with E-state index in [4.69, 9.17) is 16.9 Å². The Morgan fingerprint density at radius 1 is 1.69 bits per heavy atom. The van der Waals surface area contributed by atoms with Crippen molar-refractivity contribution in [3.8, 4) is 0 Å². The number of hydrogen-bond donors (Lipinski definition) is 4. The molecule has 0 aromatic carbocycles. The molecule has 6 heteroatoms. The van der Waals surface area contributed by atoms with Crippen LogP contribution >= 0.6 is 0 Å². The highest BCUT2D eigenvalue weighted by atomic mass is 16.3. The fourth-order valence-corrected chi connectivity index (χ4v) is 1.51. The van der Waals surface area contributed by atoms with Crippen molar-refractivity contribution < 1.29 is 5.11 Å². The third-order valence-electron chi connectivity index (χ3n) is 2.48. The maximum absolute atomic E-state index is 10.0. The van der Waals surface area contributed by atoms with E-state index in [1.54, 1.807) is 28.8 Å². The smallest absolute Gasteiger partial charge is 0.148 e. The Balaban J connectivity index is 2.66. The molecule has 1 aromatic heterocycles. The van der Waals surface area contributed by atoms with Gasteiger partial charge in [-0.2, -0.15) is 0 Å². The highest BCUT2D eigenvalue weighted by Gasteiger charge is 2.16. The monoisotopic (exact) mass is 225 g/mol. The lowest BCUT2D eigenvalue weighted by atomic mass is 10.3. The number of nitrogens with zero attached hydrogens (tertiary/aromatic N) is 2. The first kappa shape index (κ1) is 12.5. The molecule has 0 bridgehead atoms. The Bertz CT molecular complexity index is 373. The molecule has 0 saturated carbocycles. The standard InChI is InChI=1S/C10H19N5O/c1-14(4-3-9(12)13)10(16)8-5-7(11)6-15(8)2/h5-6,10,16H,3-4,11H2,1-2H3,(H3,12,13). The Kier molecular flexibility index (Phi) is 3.92. The van der Waals surface area contributed by atoms with Crippen molar-refractivity contribution in [1.82, 2.24) is 9.47 Å². The van der Waals surface area contributed by atoms with Gasteiger partial charge in [0.15, 0.2) is 0 Å². The van der Waals surface area contributed by atoms with Crippen LogP contribution in [0.4, 0.5) is 5.69 Å². The van der Waals surface area contributed by atoms with Crippen LogP contribution in [0.15, 0.2) is 12.3 Å². The topological polar surface area (TPSA) is 104 Å². The summed E-state index contributed by atoms with van der Waals surface area (Å²) in [5.41, 5.74) is 12.2. The Morgan fingerprint density at radius 2 is 2.31 bits per heavy atom. The second-order valence-corrected chi connectivity index (χ2v) is 3.94. The highest BCUT2D eigenvalue weighted by molar-refractivity contribution is 5.76. The second-order valence-electron chi connectivity index (χ2n) is 3.94. The molecule has 0 radical (unpaired) electrons. The van der Waals surface area contributed by atoms with Crippen LogP contribution in [0, 0.1) is 5.41 Å². The molecule has 0 spiro atoms. The molecule has 0 fully saturated rings. The molecule has 0 amide bonds. The van der Waals surface area contributed by atoms with Crippen molar-refractivity contribution in [3.63, 3.8) is 0 Å². The van der Waals surface area contributed by atoms with Crippen LogP contribution in [0.5, 0.6) is 0 Å². The number of rotatable bonds is 5. The maximum atomic E-state index is 10.0. The number of amidine groups is 1. The number of anilines is 1. The van der Waals surface area contributed by atoms with Crippen molar-refractivity contribution in [3.05, 3.63) is 18.0 Å². The number of hydrogen-bond acceptors (Lipinski definition) is 4. The van der Waals surface area contributed by atoms with E-state index in [0.29, 0.717) is 18.7 Å². The van der Waals surface area contributed by atoms with Crippen LogP contribution in [-0.2, 0) is 7.05 Å². The summed E-state index contributed by atoms with van der Waals surface area (Å²) in [5, 5.41) is 17.2. The van der Waals surface area contributed by atoms with E-state index in [0.717, 1.165) is 5.69 Å². The van der Waals surface area contributed by atoms with Crippen molar-refractivity contribution >= 4 is 11.5 Å². The summed E-state index contributed by atoms with van der Waals surface area (Å²) in [6, 6.07) is 1.73. The third-order valence-corrected chi connectivity index (χ3v) is 2.48. The number of aromatic nitrogens is 1. The van der Waals surface area contributed by atoms with Gasteiger partial charge in [-0.1, -0.05) is 0 Å². The average Bonchev–Trinajstić information content (AvgIpc) is 2.53. The minimum atomic E-state index is -0.735. The molecule has 1 heterocycles. The van der Waals surface area contributed by atoms with Crippen LogP contribution in [0.1, 0.15) is 18.3 Å². The summed E-state index contributed by atoms with van der Waals surface area (Å²) < 4.78 is 1.78. The number of nitrogens with one attached hydrogen (secondary N) is 1. The zero-order valence-electron chi connectivity index (χ0n) is 9.64. The van der Waals surface area contributed by atoms with E-state index in [9.17, 15) is 5.11 Å². The molecule has 0 aliphatic rings. The summed E-state index contributed by atoms with van der Waals surface area (Å²) in [7, 11) is 3.60. The normalized spacial score (nSPS) is 13.0. The van der Waals surface area contributed by atoms with E-state index >= 15 is 0 Å². The van der Waals surface area contributed by atoms with Gasteiger partial charge in [0.1, 0.15) is 6.23 Å². The molecule has 6 N–H and O–H groups in total. The van der Waals surface area contributed by atoms with E-state index in [1.807, 2.05) is 7.05 Å². The number of aryl methyl sites for hydroxylation is 1. The number of aliphatic hydroxyl groups excluding tert-OH is 1. The van der Waals surface area contributed by atoms with Gasteiger partial charge in [0.05, 0.1) is 11.5 Å². The Hall–Kier alpha value is -1.53. The number of aliphatic hydroxyl groups is 1.